The number of thioether (sulfide) groups is 1. The van der Waals surface area contributed by atoms with Gasteiger partial charge in [-0.2, -0.15) is 0 Å². The van der Waals surface area contributed by atoms with Crippen LogP contribution in [0.15, 0.2) is 40.0 Å². The van der Waals surface area contributed by atoms with Crippen LogP contribution < -0.4 is 0 Å². The SMILES string of the molecule is CC(C)(C)c1nnc(SCc2nnnn2Cc2ccccc2)o1. The van der Waals surface area contributed by atoms with Crippen molar-refractivity contribution < 1.29 is 4.42 Å². The lowest BCUT2D eigenvalue weighted by molar-refractivity contribution is 0.347. The summed E-state index contributed by atoms with van der Waals surface area (Å²) in [4.78, 5) is 0. The molecule has 2 aromatic heterocycles. The molecule has 7 nitrogen and oxygen atoms in total. The van der Waals surface area contributed by atoms with Gasteiger partial charge < -0.3 is 4.42 Å². The molecule has 23 heavy (non-hydrogen) atoms. The molecular formula is C15H18N6OS. The van der Waals surface area contributed by atoms with E-state index in [0.717, 1.165) is 11.4 Å². The fraction of sp³-hybridized carbons (Fsp3) is 0.400. The van der Waals surface area contributed by atoms with Crippen LogP contribution in [0.3, 0.4) is 0 Å². The highest BCUT2D eigenvalue weighted by molar-refractivity contribution is 7.98. The lowest BCUT2D eigenvalue weighted by Gasteiger charge is -2.10. The molecule has 0 amide bonds. The molecule has 0 aliphatic carbocycles. The van der Waals surface area contributed by atoms with Crippen LogP contribution in [0.1, 0.15) is 38.0 Å². The largest absolute Gasteiger partial charge is 0.415 e. The molecule has 0 spiro atoms. The monoisotopic (exact) mass is 330 g/mol. The highest BCUT2D eigenvalue weighted by Crippen LogP contribution is 2.26. The Bertz CT molecular complexity index is 762. The van der Waals surface area contributed by atoms with Gasteiger partial charge in [0.2, 0.25) is 5.89 Å². The van der Waals surface area contributed by atoms with E-state index in [4.69, 9.17) is 4.42 Å². The molecule has 8 heteroatoms. The van der Waals surface area contributed by atoms with E-state index in [2.05, 4.69) is 25.7 Å². The maximum Gasteiger partial charge on any atom is 0.277 e. The summed E-state index contributed by atoms with van der Waals surface area (Å²) < 4.78 is 7.45. The van der Waals surface area contributed by atoms with Gasteiger partial charge in [0.1, 0.15) is 0 Å². The molecule has 1 aromatic carbocycles. The Morgan fingerprint density at radius 3 is 2.57 bits per heavy atom. The van der Waals surface area contributed by atoms with Crippen LogP contribution in [0.4, 0.5) is 0 Å². The van der Waals surface area contributed by atoms with Crippen molar-refractivity contribution in [2.75, 3.05) is 0 Å². The third kappa shape index (κ3) is 3.95. The van der Waals surface area contributed by atoms with E-state index >= 15 is 0 Å². The Kier molecular flexibility index (Phi) is 4.42. The minimum Gasteiger partial charge on any atom is -0.415 e. The molecule has 0 N–H and O–H groups in total. The van der Waals surface area contributed by atoms with Crippen molar-refractivity contribution in [2.24, 2.45) is 0 Å². The minimum atomic E-state index is -0.152. The summed E-state index contributed by atoms with van der Waals surface area (Å²) in [7, 11) is 0. The van der Waals surface area contributed by atoms with Crippen LogP contribution in [0.5, 0.6) is 0 Å². The molecule has 0 radical (unpaired) electrons. The van der Waals surface area contributed by atoms with Gasteiger partial charge in [0.25, 0.3) is 5.22 Å². The summed E-state index contributed by atoms with van der Waals surface area (Å²) in [5, 5.41) is 20.6. The van der Waals surface area contributed by atoms with Crippen molar-refractivity contribution in [1.82, 2.24) is 30.4 Å². The van der Waals surface area contributed by atoms with Gasteiger partial charge in [0.15, 0.2) is 5.82 Å². The predicted molar refractivity (Wildman–Crippen MR) is 85.9 cm³/mol. The van der Waals surface area contributed by atoms with Gasteiger partial charge in [-0.1, -0.05) is 62.9 Å². The average Bonchev–Trinajstić information content (AvgIpc) is 3.15. The Hall–Kier alpha value is -2.22. The normalized spacial score (nSPS) is 11.8. The molecule has 0 bridgehead atoms. The summed E-state index contributed by atoms with van der Waals surface area (Å²) in [6, 6.07) is 10.1. The van der Waals surface area contributed by atoms with E-state index in [-0.39, 0.29) is 5.41 Å². The van der Waals surface area contributed by atoms with Gasteiger partial charge in [0, 0.05) is 5.41 Å². The number of hydrogen-bond donors (Lipinski definition) is 0. The molecule has 0 atom stereocenters. The van der Waals surface area contributed by atoms with Gasteiger partial charge >= 0.3 is 0 Å². The van der Waals surface area contributed by atoms with Crippen molar-refractivity contribution in [1.29, 1.82) is 0 Å². The Morgan fingerprint density at radius 1 is 1.09 bits per heavy atom. The number of hydrogen-bond acceptors (Lipinski definition) is 7. The predicted octanol–water partition coefficient (Wildman–Crippen LogP) is 2.69. The van der Waals surface area contributed by atoms with E-state index in [1.54, 1.807) is 4.68 Å². The summed E-state index contributed by atoms with van der Waals surface area (Å²) in [6.45, 7) is 6.75. The van der Waals surface area contributed by atoms with Crippen LogP contribution in [0, 0.1) is 0 Å². The van der Waals surface area contributed by atoms with Crippen molar-refractivity contribution >= 4 is 11.8 Å². The van der Waals surface area contributed by atoms with Crippen LogP contribution >= 0.6 is 11.8 Å². The van der Waals surface area contributed by atoms with E-state index in [1.807, 2.05) is 51.1 Å². The van der Waals surface area contributed by atoms with E-state index in [1.165, 1.54) is 11.8 Å². The molecule has 0 saturated carbocycles. The third-order valence-electron chi connectivity index (χ3n) is 3.15. The lowest BCUT2D eigenvalue weighted by Crippen LogP contribution is -2.11. The smallest absolute Gasteiger partial charge is 0.277 e. The zero-order valence-corrected chi connectivity index (χ0v) is 14.1. The van der Waals surface area contributed by atoms with Crippen molar-refractivity contribution in [3.63, 3.8) is 0 Å². The second-order valence-electron chi connectivity index (χ2n) is 6.15. The number of nitrogens with zero attached hydrogens (tertiary/aromatic N) is 6. The quantitative estimate of drug-likeness (QED) is 0.665. The van der Waals surface area contributed by atoms with Crippen LogP contribution in [0.25, 0.3) is 0 Å². The molecule has 0 unspecified atom stereocenters. The maximum atomic E-state index is 5.67. The molecular weight excluding hydrogens is 312 g/mol. The van der Waals surface area contributed by atoms with Crippen molar-refractivity contribution in [3.8, 4) is 0 Å². The number of tetrazole rings is 1. The lowest BCUT2D eigenvalue weighted by atomic mass is 9.97. The Labute approximate surface area is 138 Å². The zero-order chi connectivity index (χ0) is 16.3. The summed E-state index contributed by atoms with van der Waals surface area (Å²) >= 11 is 1.44. The van der Waals surface area contributed by atoms with Gasteiger partial charge in [-0.15, -0.1) is 15.3 Å². The third-order valence-corrected chi connectivity index (χ3v) is 3.97. The van der Waals surface area contributed by atoms with E-state index in [9.17, 15) is 0 Å². The van der Waals surface area contributed by atoms with Gasteiger partial charge in [-0.25, -0.2) is 4.68 Å². The van der Waals surface area contributed by atoms with E-state index in [0.29, 0.717) is 23.4 Å². The first kappa shape index (κ1) is 15.7. The second-order valence-corrected chi connectivity index (χ2v) is 7.08. The molecule has 3 aromatic rings. The topological polar surface area (TPSA) is 82.5 Å². The number of rotatable bonds is 5. The Balaban J connectivity index is 1.65. The second kappa shape index (κ2) is 6.49. The average molecular weight is 330 g/mol. The first-order chi connectivity index (χ1) is 11.0. The first-order valence-electron chi connectivity index (χ1n) is 7.28. The van der Waals surface area contributed by atoms with E-state index < -0.39 is 0 Å². The minimum absolute atomic E-state index is 0.152. The van der Waals surface area contributed by atoms with Gasteiger partial charge in [0.05, 0.1) is 12.3 Å². The number of benzene rings is 1. The maximum absolute atomic E-state index is 5.67. The standard InChI is InChI=1S/C15H18N6OS/c1-15(2,3)13-17-18-14(22-13)23-10-12-16-19-20-21(12)9-11-7-5-4-6-8-11/h4-8H,9-10H2,1-3H3. The Morgan fingerprint density at radius 2 is 1.87 bits per heavy atom. The summed E-state index contributed by atoms with van der Waals surface area (Å²) in [5.74, 6) is 1.98. The highest BCUT2D eigenvalue weighted by Gasteiger charge is 2.21. The zero-order valence-electron chi connectivity index (χ0n) is 13.3. The van der Waals surface area contributed by atoms with Crippen LogP contribution in [-0.2, 0) is 17.7 Å². The highest BCUT2D eigenvalue weighted by atomic mass is 32.2. The molecule has 3 rings (SSSR count). The molecule has 0 aliphatic rings. The van der Waals surface area contributed by atoms with Gasteiger partial charge in [-0.3, -0.25) is 0 Å². The van der Waals surface area contributed by atoms with Gasteiger partial charge in [-0.05, 0) is 16.0 Å². The first-order valence-corrected chi connectivity index (χ1v) is 8.27. The fourth-order valence-corrected chi connectivity index (χ4v) is 2.60. The van der Waals surface area contributed by atoms with Crippen LogP contribution in [-0.4, -0.2) is 30.4 Å². The van der Waals surface area contributed by atoms with Crippen LogP contribution in [0.2, 0.25) is 0 Å². The molecule has 0 fully saturated rings. The van der Waals surface area contributed by atoms with Crippen molar-refractivity contribution in [3.05, 3.63) is 47.6 Å². The number of aromatic nitrogens is 6. The summed E-state index contributed by atoms with van der Waals surface area (Å²) in [6.07, 6.45) is 0. The molecule has 0 saturated heterocycles. The molecule has 2 heterocycles. The van der Waals surface area contributed by atoms with Crippen molar-refractivity contribution in [2.45, 2.75) is 43.7 Å². The molecule has 0 aliphatic heterocycles. The summed E-state index contributed by atoms with van der Waals surface area (Å²) in [5.41, 5.74) is 1.000. The fourth-order valence-electron chi connectivity index (χ4n) is 1.90. The molecule has 120 valence electrons.